The first-order valence-corrected chi connectivity index (χ1v) is 8.25. The zero-order valence-corrected chi connectivity index (χ0v) is 15.7. The van der Waals surface area contributed by atoms with Gasteiger partial charge in [0, 0.05) is 25.1 Å². The Bertz CT molecular complexity index is 689. The van der Waals surface area contributed by atoms with Crippen molar-refractivity contribution in [2.24, 2.45) is 0 Å². The van der Waals surface area contributed by atoms with Gasteiger partial charge < -0.3 is 15.6 Å². The molecule has 1 aliphatic heterocycles. The number of nitrogens with one attached hydrogen (secondary N) is 1. The largest absolute Gasteiger partial charge is 0.399 e. The molecule has 0 aliphatic carbocycles. The van der Waals surface area contributed by atoms with Crippen LogP contribution in [0.2, 0.25) is 0 Å². The highest BCUT2D eigenvalue weighted by Gasteiger charge is 2.15. The lowest BCUT2D eigenvalue weighted by Gasteiger charge is -2.09. The van der Waals surface area contributed by atoms with Crippen LogP contribution in [0.25, 0.3) is 0 Å². The quantitative estimate of drug-likeness (QED) is 0.774. The topological polar surface area (TPSA) is 85.8 Å². The van der Waals surface area contributed by atoms with Crippen molar-refractivity contribution >= 4 is 36.4 Å². The summed E-state index contributed by atoms with van der Waals surface area (Å²) in [5.41, 5.74) is 7.65. The number of carbonyl (C=O) groups excluding carboxylic acids is 1. The molecule has 25 heavy (non-hydrogen) atoms. The van der Waals surface area contributed by atoms with Gasteiger partial charge in [0.05, 0.1) is 6.54 Å². The van der Waals surface area contributed by atoms with Gasteiger partial charge in [0.15, 0.2) is 5.82 Å². The average Bonchev–Trinajstić information content (AvgIpc) is 2.78. The molecule has 3 N–H and O–H groups in total. The van der Waals surface area contributed by atoms with Crippen molar-refractivity contribution in [2.45, 2.75) is 51.6 Å². The van der Waals surface area contributed by atoms with Crippen molar-refractivity contribution in [1.29, 1.82) is 0 Å². The number of anilines is 1. The molecule has 3 rings (SSSR count). The Morgan fingerprint density at radius 1 is 1.16 bits per heavy atom. The van der Waals surface area contributed by atoms with Crippen LogP contribution in [-0.2, 0) is 30.7 Å². The highest BCUT2D eigenvalue weighted by Crippen LogP contribution is 2.15. The lowest BCUT2D eigenvalue weighted by atomic mass is 10.1. The van der Waals surface area contributed by atoms with E-state index in [1.165, 1.54) is 12.8 Å². The highest BCUT2D eigenvalue weighted by atomic mass is 35.5. The van der Waals surface area contributed by atoms with Crippen LogP contribution in [0.3, 0.4) is 0 Å². The zero-order valence-electron chi connectivity index (χ0n) is 14.1. The number of benzene rings is 1. The van der Waals surface area contributed by atoms with Crippen LogP contribution in [0.5, 0.6) is 0 Å². The number of hydrogen-bond acceptors (Lipinski definition) is 4. The number of aryl methyl sites for hydroxylation is 2. The monoisotopic (exact) mass is 385 g/mol. The second-order valence-corrected chi connectivity index (χ2v) is 5.97. The van der Waals surface area contributed by atoms with Crippen LogP contribution in [0, 0.1) is 0 Å². The van der Waals surface area contributed by atoms with Crippen molar-refractivity contribution in [3.05, 3.63) is 41.5 Å². The van der Waals surface area contributed by atoms with E-state index < -0.39 is 0 Å². The molecule has 0 bridgehead atoms. The Morgan fingerprint density at radius 2 is 1.96 bits per heavy atom. The first-order valence-electron chi connectivity index (χ1n) is 8.25. The molecule has 0 saturated carbocycles. The van der Waals surface area contributed by atoms with E-state index in [2.05, 4.69) is 20.1 Å². The molecule has 0 radical (unpaired) electrons. The maximum Gasteiger partial charge on any atom is 0.220 e. The maximum atomic E-state index is 12.0. The van der Waals surface area contributed by atoms with Gasteiger partial charge in [-0.05, 0) is 30.9 Å². The van der Waals surface area contributed by atoms with Crippen molar-refractivity contribution < 1.29 is 4.79 Å². The molecule has 1 aromatic heterocycles. The number of nitrogen functional groups attached to an aromatic ring is 1. The Labute approximate surface area is 160 Å². The van der Waals surface area contributed by atoms with Crippen LogP contribution in [0.1, 0.15) is 42.9 Å². The van der Waals surface area contributed by atoms with E-state index in [0.717, 1.165) is 42.3 Å². The Kier molecular flexibility index (Phi) is 8.72. The van der Waals surface area contributed by atoms with Gasteiger partial charge in [-0.2, -0.15) is 0 Å². The van der Waals surface area contributed by atoms with Crippen molar-refractivity contribution in [3.8, 4) is 0 Å². The van der Waals surface area contributed by atoms with Crippen molar-refractivity contribution in [2.75, 3.05) is 5.73 Å². The third-order valence-electron chi connectivity index (χ3n) is 4.31. The number of fused-ring (bicyclic) bond motifs is 1. The number of halogens is 2. The van der Waals surface area contributed by atoms with Gasteiger partial charge in [-0.3, -0.25) is 4.79 Å². The SMILES string of the molecule is Cl.Cl.Nc1ccccc1CCC(=O)NCc1nnc2n1CCCCC2. The van der Waals surface area contributed by atoms with Crippen LogP contribution in [0.15, 0.2) is 24.3 Å². The molecule has 0 fully saturated rings. The summed E-state index contributed by atoms with van der Waals surface area (Å²) in [4.78, 5) is 12.0. The number of para-hydroxylation sites is 1. The number of nitrogens with two attached hydrogens (primary N) is 1. The molecule has 0 saturated heterocycles. The van der Waals surface area contributed by atoms with Gasteiger partial charge in [0.1, 0.15) is 5.82 Å². The first-order chi connectivity index (χ1) is 11.2. The Balaban J connectivity index is 0.00000156. The number of carbonyl (C=O) groups is 1. The average molecular weight is 386 g/mol. The lowest BCUT2D eigenvalue weighted by molar-refractivity contribution is -0.121. The summed E-state index contributed by atoms with van der Waals surface area (Å²) >= 11 is 0. The smallest absolute Gasteiger partial charge is 0.220 e. The van der Waals surface area contributed by atoms with E-state index in [4.69, 9.17) is 5.73 Å². The van der Waals surface area contributed by atoms with E-state index in [9.17, 15) is 4.79 Å². The predicted molar refractivity (Wildman–Crippen MR) is 103 cm³/mol. The van der Waals surface area contributed by atoms with E-state index in [0.29, 0.717) is 19.4 Å². The number of nitrogens with zero attached hydrogens (tertiary/aromatic N) is 3. The summed E-state index contributed by atoms with van der Waals surface area (Å²) < 4.78 is 2.16. The first kappa shape index (κ1) is 21.3. The second kappa shape index (κ2) is 10.3. The van der Waals surface area contributed by atoms with E-state index >= 15 is 0 Å². The van der Waals surface area contributed by atoms with Gasteiger partial charge in [-0.1, -0.05) is 24.6 Å². The van der Waals surface area contributed by atoms with Crippen LogP contribution >= 0.6 is 24.8 Å². The molecule has 6 nitrogen and oxygen atoms in total. The van der Waals surface area contributed by atoms with Gasteiger partial charge in [0.25, 0.3) is 0 Å². The number of hydrogen-bond donors (Lipinski definition) is 2. The molecule has 138 valence electrons. The normalized spacial score (nSPS) is 13.0. The zero-order chi connectivity index (χ0) is 16.1. The van der Waals surface area contributed by atoms with E-state index in [1.807, 2.05) is 24.3 Å². The summed E-state index contributed by atoms with van der Waals surface area (Å²) in [6.07, 6.45) is 5.61. The minimum atomic E-state index is 0. The van der Waals surface area contributed by atoms with Crippen molar-refractivity contribution in [3.63, 3.8) is 0 Å². The molecule has 8 heteroatoms. The molecule has 2 heterocycles. The molecule has 2 aromatic rings. The lowest BCUT2D eigenvalue weighted by Crippen LogP contribution is -2.25. The van der Waals surface area contributed by atoms with Gasteiger partial charge in [-0.15, -0.1) is 35.0 Å². The Morgan fingerprint density at radius 3 is 2.76 bits per heavy atom. The fraction of sp³-hybridized carbons (Fsp3) is 0.471. The number of aromatic nitrogens is 3. The van der Waals surface area contributed by atoms with Crippen LogP contribution in [0.4, 0.5) is 5.69 Å². The minimum absolute atomic E-state index is 0. The summed E-state index contributed by atoms with van der Waals surface area (Å²) in [7, 11) is 0. The fourth-order valence-electron chi connectivity index (χ4n) is 2.95. The maximum absolute atomic E-state index is 12.0. The van der Waals surface area contributed by atoms with Crippen LogP contribution in [-0.4, -0.2) is 20.7 Å². The van der Waals surface area contributed by atoms with Crippen LogP contribution < -0.4 is 11.1 Å². The molecule has 0 spiro atoms. The van der Waals surface area contributed by atoms with Gasteiger partial charge in [-0.25, -0.2) is 0 Å². The molecule has 0 atom stereocenters. The fourth-order valence-corrected chi connectivity index (χ4v) is 2.95. The summed E-state index contributed by atoms with van der Waals surface area (Å²) in [5, 5.41) is 11.4. The predicted octanol–water partition coefficient (Wildman–Crippen LogP) is 2.68. The molecular formula is C17H25Cl2N5O. The molecule has 0 unspecified atom stereocenters. The number of rotatable bonds is 5. The van der Waals surface area contributed by atoms with Crippen molar-refractivity contribution in [1.82, 2.24) is 20.1 Å². The van der Waals surface area contributed by atoms with E-state index in [-0.39, 0.29) is 30.7 Å². The Hall–Kier alpha value is -1.79. The minimum Gasteiger partial charge on any atom is -0.399 e. The standard InChI is InChI=1S/C17H23N5O.2ClH/c18-14-7-4-3-6-13(14)9-10-17(23)19-12-16-21-20-15-8-2-1-5-11-22(15)16;;/h3-4,6-7H,1-2,5,8-12,18H2,(H,19,23);2*1H. The molecule has 1 aliphatic rings. The summed E-state index contributed by atoms with van der Waals surface area (Å²) in [6.45, 7) is 1.39. The second-order valence-electron chi connectivity index (χ2n) is 5.97. The summed E-state index contributed by atoms with van der Waals surface area (Å²) in [5.74, 6) is 1.91. The molecule has 1 amide bonds. The molecule has 1 aromatic carbocycles. The van der Waals surface area contributed by atoms with E-state index in [1.54, 1.807) is 0 Å². The highest BCUT2D eigenvalue weighted by molar-refractivity contribution is 5.85. The third kappa shape index (κ3) is 5.61. The summed E-state index contributed by atoms with van der Waals surface area (Å²) in [6, 6.07) is 7.66. The van der Waals surface area contributed by atoms with Gasteiger partial charge in [0.2, 0.25) is 5.91 Å². The number of amides is 1. The third-order valence-corrected chi connectivity index (χ3v) is 4.31. The van der Waals surface area contributed by atoms with Gasteiger partial charge >= 0.3 is 0 Å². The molecular weight excluding hydrogens is 361 g/mol.